The number of nitrogens with one attached hydrogen (secondary N) is 2. The van der Waals surface area contributed by atoms with Crippen LogP contribution in [0.4, 0.5) is 0 Å². The highest BCUT2D eigenvalue weighted by atomic mass is 35.5. The van der Waals surface area contributed by atoms with E-state index in [0.29, 0.717) is 35.0 Å². The van der Waals surface area contributed by atoms with Gasteiger partial charge in [0.05, 0.1) is 26.8 Å². The van der Waals surface area contributed by atoms with E-state index in [2.05, 4.69) is 24.5 Å². The number of hydrogen-bond donors (Lipinski definition) is 2. The Morgan fingerprint density at radius 2 is 1.67 bits per heavy atom. The Morgan fingerprint density at radius 1 is 1.00 bits per heavy atom. The molecule has 0 atom stereocenters. The number of benzene rings is 2. The quantitative estimate of drug-likeness (QED) is 0.331. The molecular formula is C25H25ClN4O2S. The summed E-state index contributed by atoms with van der Waals surface area (Å²) in [6, 6.07) is 18.8. The molecule has 0 aliphatic carbocycles. The summed E-state index contributed by atoms with van der Waals surface area (Å²) in [7, 11) is 0. The lowest BCUT2D eigenvalue weighted by molar-refractivity contribution is 0.0953. The van der Waals surface area contributed by atoms with Crippen LogP contribution in [-0.4, -0.2) is 34.7 Å². The van der Waals surface area contributed by atoms with Gasteiger partial charge in [0, 0.05) is 18.5 Å². The van der Waals surface area contributed by atoms with Crippen LogP contribution in [-0.2, 0) is 0 Å². The molecule has 0 spiro atoms. The van der Waals surface area contributed by atoms with Crippen molar-refractivity contribution < 1.29 is 9.59 Å². The zero-order chi connectivity index (χ0) is 23.4. The highest BCUT2D eigenvalue weighted by molar-refractivity contribution is 7.20. The molecule has 2 N–H and O–H groups in total. The number of amides is 2. The molecule has 4 aromatic rings. The van der Waals surface area contributed by atoms with Crippen LogP contribution < -0.4 is 10.6 Å². The van der Waals surface area contributed by atoms with E-state index in [1.54, 1.807) is 24.3 Å². The molecule has 33 heavy (non-hydrogen) atoms. The molecular weight excluding hydrogens is 456 g/mol. The largest absolute Gasteiger partial charge is 0.352 e. The van der Waals surface area contributed by atoms with Crippen LogP contribution in [0.25, 0.3) is 15.9 Å². The van der Waals surface area contributed by atoms with Gasteiger partial charge in [0.1, 0.15) is 4.83 Å². The van der Waals surface area contributed by atoms with E-state index in [1.165, 1.54) is 11.3 Å². The first-order valence-electron chi connectivity index (χ1n) is 10.8. The monoisotopic (exact) mass is 480 g/mol. The van der Waals surface area contributed by atoms with E-state index in [0.717, 1.165) is 21.6 Å². The van der Waals surface area contributed by atoms with Crippen LogP contribution in [0.2, 0.25) is 5.02 Å². The lowest BCUT2D eigenvalue weighted by Crippen LogP contribution is -2.29. The molecule has 0 aliphatic heterocycles. The highest BCUT2D eigenvalue weighted by Gasteiger charge is 2.20. The molecule has 0 unspecified atom stereocenters. The van der Waals surface area contributed by atoms with Crippen molar-refractivity contribution in [1.82, 2.24) is 20.4 Å². The molecule has 170 valence electrons. The first-order chi connectivity index (χ1) is 16.0. The molecule has 0 radical (unpaired) electrons. The Bertz CT molecular complexity index is 1280. The van der Waals surface area contributed by atoms with Crippen LogP contribution in [0.15, 0.2) is 60.7 Å². The van der Waals surface area contributed by atoms with Gasteiger partial charge in [0.2, 0.25) is 0 Å². The van der Waals surface area contributed by atoms with Crippen molar-refractivity contribution >= 4 is 45.0 Å². The highest BCUT2D eigenvalue weighted by Crippen LogP contribution is 2.33. The Kier molecular flexibility index (Phi) is 7.11. The third kappa shape index (κ3) is 5.10. The molecule has 6 nitrogen and oxygen atoms in total. The smallest absolute Gasteiger partial charge is 0.261 e. The molecule has 2 amide bonds. The molecule has 0 saturated heterocycles. The number of halogens is 1. The van der Waals surface area contributed by atoms with Crippen molar-refractivity contribution in [2.24, 2.45) is 0 Å². The second kappa shape index (κ2) is 10.2. The lowest BCUT2D eigenvalue weighted by atomic mass is 10.1. The van der Waals surface area contributed by atoms with E-state index in [-0.39, 0.29) is 17.7 Å². The first-order valence-corrected chi connectivity index (χ1v) is 12.0. The predicted octanol–water partition coefficient (Wildman–Crippen LogP) is 5.41. The average Bonchev–Trinajstić information content (AvgIpc) is 3.39. The summed E-state index contributed by atoms with van der Waals surface area (Å²) in [6.07, 6.45) is 0.613. The summed E-state index contributed by atoms with van der Waals surface area (Å²) >= 11 is 7.49. The number of fused-ring (bicyclic) bond motifs is 1. The van der Waals surface area contributed by atoms with Gasteiger partial charge in [-0.1, -0.05) is 55.8 Å². The van der Waals surface area contributed by atoms with Gasteiger partial charge < -0.3 is 10.6 Å². The van der Waals surface area contributed by atoms with Crippen LogP contribution >= 0.6 is 22.9 Å². The van der Waals surface area contributed by atoms with Gasteiger partial charge in [-0.3, -0.25) is 9.59 Å². The third-order valence-corrected chi connectivity index (χ3v) is 6.64. The summed E-state index contributed by atoms with van der Waals surface area (Å²) < 4.78 is 1.91. The molecule has 0 saturated carbocycles. The molecule has 2 aromatic carbocycles. The summed E-state index contributed by atoms with van der Waals surface area (Å²) in [5.41, 5.74) is 2.39. The van der Waals surface area contributed by atoms with Crippen LogP contribution in [0.1, 0.15) is 51.9 Å². The van der Waals surface area contributed by atoms with Gasteiger partial charge in [0.25, 0.3) is 11.8 Å². The van der Waals surface area contributed by atoms with Crippen molar-refractivity contribution in [3.8, 4) is 5.69 Å². The number of nitrogens with zero attached hydrogens (tertiary/aromatic N) is 2. The Balaban J connectivity index is 1.38. The summed E-state index contributed by atoms with van der Waals surface area (Å²) in [6.45, 7) is 5.10. The van der Waals surface area contributed by atoms with Crippen molar-refractivity contribution in [2.75, 3.05) is 13.1 Å². The molecule has 4 rings (SSSR count). The fraction of sp³-hybridized carbons (Fsp3) is 0.240. The summed E-state index contributed by atoms with van der Waals surface area (Å²) in [4.78, 5) is 26.6. The van der Waals surface area contributed by atoms with Crippen LogP contribution in [0, 0.1) is 0 Å². The molecule has 8 heteroatoms. The topological polar surface area (TPSA) is 76.0 Å². The maximum atomic E-state index is 12.8. The minimum Gasteiger partial charge on any atom is -0.352 e. The standard InChI is InChI=1S/C25H25ClN4O2S/c1-16(2)22-19-15-21(33-25(19)30(29-22)17-9-4-3-5-10-17)24(32)28-14-8-13-27-23(31)18-11-6-7-12-20(18)26/h3-7,9-12,15-16H,8,13-14H2,1-2H3,(H,27,31)(H,28,32). The second-order valence-electron chi connectivity index (χ2n) is 7.96. The van der Waals surface area contributed by atoms with E-state index >= 15 is 0 Å². The van der Waals surface area contributed by atoms with E-state index in [1.807, 2.05) is 41.1 Å². The Morgan fingerprint density at radius 3 is 2.36 bits per heavy atom. The number of thiophene rings is 1. The van der Waals surface area contributed by atoms with Gasteiger partial charge in [-0.25, -0.2) is 4.68 Å². The van der Waals surface area contributed by atoms with Gasteiger partial charge in [-0.2, -0.15) is 5.10 Å². The fourth-order valence-corrected chi connectivity index (χ4v) is 4.81. The first kappa shape index (κ1) is 23.0. The minimum atomic E-state index is -0.219. The van der Waals surface area contributed by atoms with Crippen molar-refractivity contribution in [1.29, 1.82) is 0 Å². The molecule has 2 aromatic heterocycles. The number of aromatic nitrogens is 2. The number of carbonyl (C=O) groups excluding carboxylic acids is 2. The zero-order valence-electron chi connectivity index (χ0n) is 18.5. The predicted molar refractivity (Wildman–Crippen MR) is 134 cm³/mol. The van der Waals surface area contributed by atoms with Crippen molar-refractivity contribution in [3.05, 3.63) is 81.8 Å². The molecule has 0 bridgehead atoms. The van der Waals surface area contributed by atoms with Gasteiger partial charge in [-0.15, -0.1) is 11.3 Å². The molecule has 0 aliphatic rings. The number of rotatable bonds is 8. The molecule has 0 fully saturated rings. The van der Waals surface area contributed by atoms with E-state index in [9.17, 15) is 9.59 Å². The summed E-state index contributed by atoms with van der Waals surface area (Å²) in [5, 5.41) is 12.0. The lowest BCUT2D eigenvalue weighted by Gasteiger charge is -2.07. The van der Waals surface area contributed by atoms with Crippen LogP contribution in [0.3, 0.4) is 0 Å². The van der Waals surface area contributed by atoms with Gasteiger partial charge >= 0.3 is 0 Å². The minimum absolute atomic E-state index is 0.122. The fourth-order valence-electron chi connectivity index (χ4n) is 3.53. The van der Waals surface area contributed by atoms with E-state index < -0.39 is 0 Å². The zero-order valence-corrected chi connectivity index (χ0v) is 20.0. The average molecular weight is 481 g/mol. The number of carbonyl (C=O) groups is 2. The maximum absolute atomic E-state index is 12.8. The van der Waals surface area contributed by atoms with E-state index in [4.69, 9.17) is 16.7 Å². The normalized spacial score (nSPS) is 11.2. The van der Waals surface area contributed by atoms with Crippen LogP contribution in [0.5, 0.6) is 0 Å². The van der Waals surface area contributed by atoms with Crippen molar-refractivity contribution in [3.63, 3.8) is 0 Å². The Hall–Kier alpha value is -3.16. The summed E-state index contributed by atoms with van der Waals surface area (Å²) in [5.74, 6) is -0.101. The number of para-hydroxylation sites is 1. The second-order valence-corrected chi connectivity index (χ2v) is 9.40. The molecule has 2 heterocycles. The van der Waals surface area contributed by atoms with Gasteiger partial charge in [0.15, 0.2) is 0 Å². The number of hydrogen-bond acceptors (Lipinski definition) is 4. The third-order valence-electron chi connectivity index (χ3n) is 5.20. The maximum Gasteiger partial charge on any atom is 0.261 e. The SMILES string of the molecule is CC(C)c1nn(-c2ccccc2)c2sc(C(=O)NCCCNC(=O)c3ccccc3Cl)cc12. The van der Waals surface area contributed by atoms with Gasteiger partial charge in [-0.05, 0) is 42.7 Å². The van der Waals surface area contributed by atoms with Crippen molar-refractivity contribution in [2.45, 2.75) is 26.2 Å². The Labute approximate surface area is 201 Å².